The van der Waals surface area contributed by atoms with Gasteiger partial charge >= 0.3 is 0 Å². The van der Waals surface area contributed by atoms with E-state index in [9.17, 15) is 9.90 Å². The molecule has 2 rings (SSSR count). The molecule has 144 valence electrons. The molecule has 0 aromatic rings. The first-order chi connectivity index (χ1) is 12.4. The van der Waals surface area contributed by atoms with Crippen LogP contribution in [0.25, 0.3) is 0 Å². The molecule has 2 atom stereocenters. The number of ether oxygens (including phenoxy) is 1. The van der Waals surface area contributed by atoms with Crippen LogP contribution in [0.5, 0.6) is 0 Å². The molecular formula is C15H21Br2N5O4. The summed E-state index contributed by atoms with van der Waals surface area (Å²) in [5.74, 6) is 5.21. The monoisotopic (exact) mass is 493 g/mol. The quantitative estimate of drug-likeness (QED) is 0.130. The molecule has 11 heteroatoms. The Kier molecular flexibility index (Phi) is 7.62. The first-order valence-corrected chi connectivity index (χ1v) is 9.52. The Morgan fingerprint density at radius 2 is 2.38 bits per heavy atom. The van der Waals surface area contributed by atoms with Crippen molar-refractivity contribution in [3.8, 4) is 0 Å². The topological polar surface area (TPSA) is 131 Å². The largest absolute Gasteiger partial charge is 0.495 e. The number of hydrogen-bond donors (Lipinski definition) is 4. The van der Waals surface area contributed by atoms with E-state index in [1.807, 2.05) is 0 Å². The Hall–Kier alpha value is -1.43. The highest BCUT2D eigenvalue weighted by Crippen LogP contribution is 2.43. The number of halogens is 2. The summed E-state index contributed by atoms with van der Waals surface area (Å²) >= 11 is 6.70. The predicted octanol–water partition coefficient (Wildman–Crippen LogP) is 0.796. The summed E-state index contributed by atoms with van der Waals surface area (Å²) < 4.78 is 6.27. The number of amides is 1. The van der Waals surface area contributed by atoms with Gasteiger partial charge < -0.3 is 25.4 Å². The van der Waals surface area contributed by atoms with Crippen LogP contribution in [0.4, 0.5) is 0 Å². The van der Waals surface area contributed by atoms with Gasteiger partial charge in [0.2, 0.25) is 0 Å². The van der Waals surface area contributed by atoms with E-state index in [1.165, 1.54) is 13.4 Å². The maximum absolute atomic E-state index is 12.3. The highest BCUT2D eigenvalue weighted by Gasteiger charge is 2.50. The van der Waals surface area contributed by atoms with Crippen molar-refractivity contribution in [1.82, 2.24) is 10.7 Å². The predicted molar refractivity (Wildman–Crippen MR) is 105 cm³/mol. The van der Waals surface area contributed by atoms with Crippen molar-refractivity contribution >= 4 is 49.8 Å². The van der Waals surface area contributed by atoms with E-state index >= 15 is 0 Å². The van der Waals surface area contributed by atoms with Gasteiger partial charge in [-0.3, -0.25) is 9.79 Å². The van der Waals surface area contributed by atoms with E-state index in [0.717, 1.165) is 12.8 Å². The van der Waals surface area contributed by atoms with Crippen LogP contribution in [-0.2, 0) is 14.4 Å². The van der Waals surface area contributed by atoms with Gasteiger partial charge in [-0.25, -0.2) is 5.84 Å². The number of aliphatic imine (C=N–C) groups is 1. The molecule has 2 aliphatic rings. The number of nitrogens with two attached hydrogens (primary N) is 1. The SMILES string of the molecule is COC1=C(Br)C(O)C2(C=C1Br)CC(C(=O)NCCCCN=CNN)=NO2. The lowest BCUT2D eigenvalue weighted by molar-refractivity contribution is -0.114. The lowest BCUT2D eigenvalue weighted by Gasteiger charge is -2.33. The van der Waals surface area contributed by atoms with Crippen LogP contribution in [0, 0.1) is 0 Å². The molecule has 9 nitrogen and oxygen atoms in total. The number of carbonyl (C=O) groups excluding carboxylic acids is 1. The van der Waals surface area contributed by atoms with Crippen molar-refractivity contribution in [3.05, 3.63) is 20.8 Å². The summed E-state index contributed by atoms with van der Waals surface area (Å²) in [6.07, 6.45) is 3.78. The van der Waals surface area contributed by atoms with Gasteiger partial charge in [-0.1, -0.05) is 5.16 Å². The van der Waals surface area contributed by atoms with E-state index in [0.29, 0.717) is 27.8 Å². The lowest BCUT2D eigenvalue weighted by atomic mass is 9.87. The molecule has 1 amide bonds. The van der Waals surface area contributed by atoms with Gasteiger partial charge in [0.25, 0.3) is 5.91 Å². The standard InChI is InChI=1S/C15H21Br2N5O4/c1-25-12-9(16)6-15(13(23)11(12)17)7-10(22-26-15)14(24)20-5-3-2-4-19-8-21-18/h6,8,13,23H,2-5,7,18H2,1H3,(H,19,21)(H,20,24). The number of rotatable bonds is 8. The maximum Gasteiger partial charge on any atom is 0.269 e. The zero-order valence-corrected chi connectivity index (χ0v) is 17.3. The van der Waals surface area contributed by atoms with Crippen LogP contribution in [-0.4, -0.2) is 55.0 Å². The second-order valence-corrected chi connectivity index (χ2v) is 7.41. The summed E-state index contributed by atoms with van der Waals surface area (Å²) in [6.45, 7) is 1.12. The van der Waals surface area contributed by atoms with Crippen LogP contribution in [0.1, 0.15) is 19.3 Å². The van der Waals surface area contributed by atoms with Gasteiger partial charge in [0, 0.05) is 19.5 Å². The van der Waals surface area contributed by atoms with Crippen molar-refractivity contribution in [2.24, 2.45) is 16.0 Å². The van der Waals surface area contributed by atoms with Crippen molar-refractivity contribution in [3.63, 3.8) is 0 Å². The number of aliphatic hydroxyl groups is 1. The smallest absolute Gasteiger partial charge is 0.269 e. The molecule has 26 heavy (non-hydrogen) atoms. The second kappa shape index (κ2) is 9.49. The van der Waals surface area contributed by atoms with Gasteiger partial charge in [0.15, 0.2) is 5.60 Å². The Morgan fingerprint density at radius 3 is 3.08 bits per heavy atom. The fourth-order valence-electron chi connectivity index (χ4n) is 2.57. The number of methoxy groups -OCH3 is 1. The van der Waals surface area contributed by atoms with E-state index < -0.39 is 11.7 Å². The fourth-order valence-corrected chi connectivity index (χ4v) is 4.36. The highest BCUT2D eigenvalue weighted by atomic mass is 79.9. The summed E-state index contributed by atoms with van der Waals surface area (Å²) in [5, 5.41) is 17.2. The molecule has 0 radical (unpaired) electrons. The molecule has 2 unspecified atom stereocenters. The van der Waals surface area contributed by atoms with Crippen LogP contribution in [0.15, 0.2) is 30.9 Å². The van der Waals surface area contributed by atoms with Gasteiger partial charge in [-0.05, 0) is 50.8 Å². The average molecular weight is 495 g/mol. The summed E-state index contributed by atoms with van der Waals surface area (Å²) in [6, 6.07) is 0. The van der Waals surface area contributed by atoms with Gasteiger partial charge in [-0.15, -0.1) is 0 Å². The number of oxime groups is 1. The van der Waals surface area contributed by atoms with Gasteiger partial charge in [0.05, 0.1) is 22.4 Å². The summed E-state index contributed by atoms with van der Waals surface area (Å²) in [7, 11) is 1.50. The zero-order chi connectivity index (χ0) is 19.2. The Balaban J connectivity index is 1.87. The van der Waals surface area contributed by atoms with E-state index in [1.54, 1.807) is 6.08 Å². The Labute approximate surface area is 168 Å². The molecule has 0 saturated heterocycles. The molecule has 1 aliphatic carbocycles. The molecule has 0 fully saturated rings. The van der Waals surface area contributed by atoms with Gasteiger partial charge in [-0.2, -0.15) is 0 Å². The van der Waals surface area contributed by atoms with Crippen LogP contribution in [0.3, 0.4) is 0 Å². The molecular weight excluding hydrogens is 474 g/mol. The minimum atomic E-state index is -1.14. The number of hydrogen-bond acceptors (Lipinski definition) is 7. The minimum absolute atomic E-state index is 0.146. The Morgan fingerprint density at radius 1 is 1.62 bits per heavy atom. The molecule has 0 aromatic heterocycles. The third kappa shape index (κ3) is 4.64. The van der Waals surface area contributed by atoms with Crippen LogP contribution >= 0.6 is 31.9 Å². The first-order valence-electron chi connectivity index (χ1n) is 7.93. The zero-order valence-electron chi connectivity index (χ0n) is 14.2. The second-order valence-electron chi connectivity index (χ2n) is 5.70. The number of allylic oxidation sites excluding steroid dienone is 1. The molecule has 1 heterocycles. The number of nitrogens with one attached hydrogen (secondary N) is 2. The maximum atomic E-state index is 12.3. The molecule has 1 spiro atoms. The lowest BCUT2D eigenvalue weighted by Crippen LogP contribution is -2.45. The molecule has 0 bridgehead atoms. The fraction of sp³-hybridized carbons (Fsp3) is 0.533. The van der Waals surface area contributed by atoms with Crippen molar-refractivity contribution in [2.45, 2.75) is 31.0 Å². The van der Waals surface area contributed by atoms with E-state index in [4.69, 9.17) is 15.4 Å². The average Bonchev–Trinajstić information content (AvgIpc) is 3.04. The Bertz CT molecular complexity index is 664. The van der Waals surface area contributed by atoms with E-state index in [-0.39, 0.29) is 18.0 Å². The third-order valence-corrected chi connectivity index (χ3v) is 5.29. The summed E-state index contributed by atoms with van der Waals surface area (Å²) in [5.41, 5.74) is 1.41. The summed E-state index contributed by atoms with van der Waals surface area (Å²) in [4.78, 5) is 21.7. The van der Waals surface area contributed by atoms with Crippen molar-refractivity contribution in [1.29, 1.82) is 0 Å². The number of nitrogens with zero attached hydrogens (tertiary/aromatic N) is 2. The van der Waals surface area contributed by atoms with Crippen molar-refractivity contribution in [2.75, 3.05) is 20.2 Å². The van der Waals surface area contributed by atoms with Crippen LogP contribution < -0.4 is 16.6 Å². The number of aliphatic hydroxyl groups excluding tert-OH is 1. The molecule has 0 aromatic carbocycles. The number of hydrazine groups is 1. The van der Waals surface area contributed by atoms with Gasteiger partial charge in [0.1, 0.15) is 17.6 Å². The molecule has 5 N–H and O–H groups in total. The van der Waals surface area contributed by atoms with E-state index in [2.05, 4.69) is 52.8 Å². The molecule has 0 saturated carbocycles. The molecule has 1 aliphatic heterocycles. The van der Waals surface area contributed by atoms with Crippen LogP contribution in [0.2, 0.25) is 0 Å². The number of carbonyl (C=O) groups is 1. The highest BCUT2D eigenvalue weighted by molar-refractivity contribution is 9.12. The normalized spacial score (nSPS) is 25.2. The first kappa shape index (κ1) is 20.9. The van der Waals surface area contributed by atoms with Crippen molar-refractivity contribution < 1.29 is 19.5 Å². The third-order valence-electron chi connectivity index (χ3n) is 3.91. The number of unbranched alkanes of at least 4 members (excludes halogenated alkanes) is 1. The minimum Gasteiger partial charge on any atom is -0.495 e.